The topological polar surface area (TPSA) is 41.6 Å². The molecule has 1 atom stereocenters. The van der Waals surface area contributed by atoms with Crippen molar-refractivity contribution < 1.29 is 9.53 Å². The predicted molar refractivity (Wildman–Crippen MR) is 75.7 cm³/mol. The van der Waals surface area contributed by atoms with E-state index in [2.05, 4.69) is 31.0 Å². The molecule has 0 aromatic heterocycles. The van der Waals surface area contributed by atoms with Gasteiger partial charge in [-0.2, -0.15) is 0 Å². The fourth-order valence-electron chi connectivity index (χ4n) is 2.12. The molecule has 108 valence electrons. The summed E-state index contributed by atoms with van der Waals surface area (Å²) in [6.45, 7) is 9.76. The predicted octanol–water partition coefficient (Wildman–Crippen LogP) is 1.90. The van der Waals surface area contributed by atoms with Crippen molar-refractivity contribution in [3.8, 4) is 0 Å². The Morgan fingerprint density at radius 2 is 1.89 bits per heavy atom. The molecule has 0 heterocycles. The molecule has 0 spiro atoms. The highest BCUT2D eigenvalue weighted by Crippen LogP contribution is 2.10. The van der Waals surface area contributed by atoms with E-state index in [1.54, 1.807) is 7.05 Å². The number of hydrogen-bond acceptors (Lipinski definition) is 4. The first-order valence-electron chi connectivity index (χ1n) is 7.10. The van der Waals surface area contributed by atoms with Gasteiger partial charge in [0, 0.05) is 13.1 Å². The second-order valence-electron chi connectivity index (χ2n) is 4.73. The van der Waals surface area contributed by atoms with Gasteiger partial charge in [0.25, 0.3) is 0 Å². The van der Waals surface area contributed by atoms with Gasteiger partial charge in [0.15, 0.2) is 0 Å². The minimum absolute atomic E-state index is 0.170. The van der Waals surface area contributed by atoms with Crippen molar-refractivity contribution in [2.24, 2.45) is 5.92 Å². The quantitative estimate of drug-likeness (QED) is 0.608. The third-order valence-corrected chi connectivity index (χ3v) is 3.69. The van der Waals surface area contributed by atoms with Crippen LogP contribution in [0.5, 0.6) is 0 Å². The van der Waals surface area contributed by atoms with E-state index < -0.39 is 0 Å². The van der Waals surface area contributed by atoms with Crippen molar-refractivity contribution in [2.45, 2.75) is 46.1 Å². The molecule has 0 radical (unpaired) electrons. The van der Waals surface area contributed by atoms with Gasteiger partial charge in [-0.05, 0) is 25.9 Å². The molecule has 0 fully saturated rings. The van der Waals surface area contributed by atoms with E-state index in [9.17, 15) is 4.79 Å². The second kappa shape index (κ2) is 10.3. The zero-order valence-electron chi connectivity index (χ0n) is 12.7. The van der Waals surface area contributed by atoms with E-state index in [4.69, 9.17) is 4.74 Å². The highest BCUT2D eigenvalue weighted by molar-refractivity contribution is 5.75. The molecule has 18 heavy (non-hydrogen) atoms. The molecule has 1 unspecified atom stereocenters. The summed E-state index contributed by atoms with van der Waals surface area (Å²) in [5, 5.41) is 3.01. The van der Waals surface area contributed by atoms with Gasteiger partial charge in [-0.3, -0.25) is 4.79 Å². The number of rotatable bonds is 10. The van der Waals surface area contributed by atoms with Crippen molar-refractivity contribution in [1.29, 1.82) is 0 Å². The number of carbonyl (C=O) groups excluding carboxylic acids is 1. The Balaban J connectivity index is 4.15. The van der Waals surface area contributed by atoms with Crippen molar-refractivity contribution in [3.05, 3.63) is 0 Å². The zero-order valence-corrected chi connectivity index (χ0v) is 12.7. The number of nitrogens with one attached hydrogen (secondary N) is 1. The van der Waals surface area contributed by atoms with Crippen LogP contribution in [0.15, 0.2) is 0 Å². The van der Waals surface area contributed by atoms with E-state index in [0.29, 0.717) is 0 Å². The number of hydrogen-bond donors (Lipinski definition) is 1. The van der Waals surface area contributed by atoms with E-state index in [-0.39, 0.29) is 12.0 Å². The highest BCUT2D eigenvalue weighted by Gasteiger charge is 2.18. The van der Waals surface area contributed by atoms with E-state index >= 15 is 0 Å². The van der Waals surface area contributed by atoms with Crippen LogP contribution in [0.3, 0.4) is 0 Å². The fraction of sp³-hybridized carbons (Fsp3) is 0.929. The van der Waals surface area contributed by atoms with Crippen molar-refractivity contribution in [3.63, 3.8) is 0 Å². The monoisotopic (exact) mass is 258 g/mol. The maximum absolute atomic E-state index is 11.5. The number of carbonyl (C=O) groups is 1. The average molecular weight is 258 g/mol. The molecule has 4 nitrogen and oxygen atoms in total. The third kappa shape index (κ3) is 6.36. The number of nitrogens with zero attached hydrogens (tertiary/aromatic N) is 1. The normalized spacial score (nSPS) is 13.1. The SMILES string of the molecule is CCC(CC)CN(CC)CCC(NC)C(=O)OC. The second-order valence-corrected chi connectivity index (χ2v) is 4.73. The Morgan fingerprint density at radius 3 is 2.28 bits per heavy atom. The molecule has 0 aromatic carbocycles. The van der Waals surface area contributed by atoms with Crippen LogP contribution in [-0.4, -0.2) is 50.7 Å². The molecular weight excluding hydrogens is 228 g/mol. The average Bonchev–Trinajstić information content (AvgIpc) is 2.42. The molecule has 4 heteroatoms. The van der Waals surface area contributed by atoms with Gasteiger partial charge in [0.05, 0.1) is 7.11 Å². The summed E-state index contributed by atoms with van der Waals surface area (Å²) in [4.78, 5) is 13.9. The first kappa shape index (κ1) is 17.4. The van der Waals surface area contributed by atoms with E-state index in [1.165, 1.54) is 20.0 Å². The lowest BCUT2D eigenvalue weighted by molar-refractivity contribution is -0.143. The van der Waals surface area contributed by atoms with Gasteiger partial charge in [-0.1, -0.05) is 33.6 Å². The first-order chi connectivity index (χ1) is 8.62. The molecule has 0 aliphatic heterocycles. The van der Waals surface area contributed by atoms with Gasteiger partial charge in [-0.25, -0.2) is 0 Å². The minimum Gasteiger partial charge on any atom is -0.468 e. The molecule has 0 saturated heterocycles. The standard InChI is InChI=1S/C14H30N2O2/c1-6-12(7-2)11-16(8-3)10-9-13(15-4)14(17)18-5/h12-13,15H,6-11H2,1-5H3. The summed E-state index contributed by atoms with van der Waals surface area (Å²) in [7, 11) is 3.24. The maximum Gasteiger partial charge on any atom is 0.322 e. The van der Waals surface area contributed by atoms with Crippen LogP contribution in [0.2, 0.25) is 0 Å². The van der Waals surface area contributed by atoms with Gasteiger partial charge >= 0.3 is 5.97 Å². The van der Waals surface area contributed by atoms with E-state index in [1.807, 2.05) is 0 Å². The minimum atomic E-state index is -0.189. The van der Waals surface area contributed by atoms with Gasteiger partial charge in [-0.15, -0.1) is 0 Å². The smallest absolute Gasteiger partial charge is 0.322 e. The van der Waals surface area contributed by atoms with Crippen LogP contribution in [0.25, 0.3) is 0 Å². The summed E-state index contributed by atoms with van der Waals surface area (Å²) in [6, 6.07) is -0.189. The molecular formula is C14H30N2O2. The van der Waals surface area contributed by atoms with Crippen LogP contribution in [0.4, 0.5) is 0 Å². The van der Waals surface area contributed by atoms with Crippen LogP contribution in [-0.2, 0) is 9.53 Å². The molecule has 0 saturated carbocycles. The molecule has 0 amide bonds. The van der Waals surface area contributed by atoms with Gasteiger partial charge in [0.1, 0.15) is 6.04 Å². The van der Waals surface area contributed by atoms with Gasteiger partial charge < -0.3 is 15.0 Å². The lowest BCUT2D eigenvalue weighted by Gasteiger charge is -2.26. The summed E-state index contributed by atoms with van der Waals surface area (Å²) in [5.74, 6) is 0.590. The molecule has 0 aliphatic rings. The van der Waals surface area contributed by atoms with Crippen molar-refractivity contribution >= 4 is 5.97 Å². The molecule has 0 rings (SSSR count). The Kier molecular flexibility index (Phi) is 9.98. The Hall–Kier alpha value is -0.610. The molecule has 0 aromatic rings. The number of esters is 1. The van der Waals surface area contributed by atoms with Gasteiger partial charge in [0.2, 0.25) is 0 Å². The third-order valence-electron chi connectivity index (χ3n) is 3.69. The molecule has 0 bridgehead atoms. The lowest BCUT2D eigenvalue weighted by Crippen LogP contribution is -2.39. The number of methoxy groups -OCH3 is 1. The number of likely N-dealkylation sites (N-methyl/N-ethyl adjacent to an activating group) is 1. The maximum atomic E-state index is 11.5. The summed E-state index contributed by atoms with van der Waals surface area (Å²) < 4.78 is 4.77. The van der Waals surface area contributed by atoms with E-state index in [0.717, 1.165) is 32.0 Å². The first-order valence-corrected chi connectivity index (χ1v) is 7.10. The largest absolute Gasteiger partial charge is 0.468 e. The molecule has 1 N–H and O–H groups in total. The zero-order chi connectivity index (χ0) is 14.0. The Labute approximate surface area is 112 Å². The van der Waals surface area contributed by atoms with Crippen molar-refractivity contribution in [2.75, 3.05) is 33.8 Å². The Bertz CT molecular complexity index is 218. The summed E-state index contributed by atoms with van der Waals surface area (Å²) in [6.07, 6.45) is 3.25. The lowest BCUT2D eigenvalue weighted by atomic mass is 10.0. The number of ether oxygens (including phenoxy) is 1. The highest BCUT2D eigenvalue weighted by atomic mass is 16.5. The van der Waals surface area contributed by atoms with Crippen molar-refractivity contribution in [1.82, 2.24) is 10.2 Å². The summed E-state index contributed by atoms with van der Waals surface area (Å²) in [5.41, 5.74) is 0. The van der Waals surface area contributed by atoms with Crippen LogP contribution in [0, 0.1) is 5.92 Å². The molecule has 0 aliphatic carbocycles. The van der Waals surface area contributed by atoms with Crippen LogP contribution in [0.1, 0.15) is 40.0 Å². The van der Waals surface area contributed by atoms with Crippen LogP contribution >= 0.6 is 0 Å². The summed E-state index contributed by atoms with van der Waals surface area (Å²) >= 11 is 0. The van der Waals surface area contributed by atoms with Crippen LogP contribution < -0.4 is 5.32 Å². The Morgan fingerprint density at radius 1 is 1.28 bits per heavy atom. The fourth-order valence-corrected chi connectivity index (χ4v) is 2.12.